The van der Waals surface area contributed by atoms with E-state index in [1.54, 1.807) is 47.4 Å². The highest BCUT2D eigenvalue weighted by Gasteiger charge is 2.56. The number of aliphatic hydroxyl groups excluding tert-OH is 1. The van der Waals surface area contributed by atoms with Crippen LogP contribution in [0.3, 0.4) is 0 Å². The van der Waals surface area contributed by atoms with Crippen LogP contribution in [0.15, 0.2) is 67.0 Å². The summed E-state index contributed by atoms with van der Waals surface area (Å²) < 4.78 is 131. The maximum Gasteiger partial charge on any atom is 0.407 e. The molecule has 4 aromatic rings. The fourth-order valence-corrected chi connectivity index (χ4v) is 10.4. The number of amides is 3. The van der Waals surface area contributed by atoms with Crippen LogP contribution in [-0.2, 0) is 27.2 Å². The van der Waals surface area contributed by atoms with Gasteiger partial charge in [-0.15, -0.1) is 0 Å². The summed E-state index contributed by atoms with van der Waals surface area (Å²) in [6.45, 7) is 2.34. The van der Waals surface area contributed by atoms with Crippen molar-refractivity contribution < 1.29 is 64.1 Å². The Labute approximate surface area is 459 Å². The average molecular weight is 1130 g/mol. The third-order valence-electron chi connectivity index (χ3n) is 16.1. The van der Waals surface area contributed by atoms with Crippen molar-refractivity contribution in [3.05, 3.63) is 101 Å². The number of pyridine rings is 1. The van der Waals surface area contributed by atoms with Gasteiger partial charge < -0.3 is 35.4 Å². The molecule has 0 radical (unpaired) electrons. The molecule has 4 heterocycles. The van der Waals surface area contributed by atoms with Crippen molar-refractivity contribution in [1.29, 1.82) is 0 Å². The van der Waals surface area contributed by atoms with Crippen molar-refractivity contribution in [1.82, 2.24) is 46.0 Å². The predicted octanol–water partition coefficient (Wildman–Crippen LogP) is 8.18. The second kappa shape index (κ2) is 24.3. The van der Waals surface area contributed by atoms with E-state index in [4.69, 9.17) is 4.98 Å². The molecule has 0 spiro atoms. The molecule has 2 saturated carbocycles. The van der Waals surface area contributed by atoms with Crippen molar-refractivity contribution in [2.75, 3.05) is 45.3 Å². The number of aliphatic hydroxyl groups is 1. The summed E-state index contributed by atoms with van der Waals surface area (Å²) in [5, 5.41) is 24.3. The van der Waals surface area contributed by atoms with Gasteiger partial charge in [0.25, 0.3) is 5.91 Å². The van der Waals surface area contributed by atoms with Crippen LogP contribution in [0.4, 0.5) is 50.5 Å². The van der Waals surface area contributed by atoms with E-state index in [-0.39, 0.29) is 23.7 Å². The number of ether oxygens (including phenoxy) is 2. The van der Waals surface area contributed by atoms with Crippen LogP contribution in [0.2, 0.25) is 0 Å². The van der Waals surface area contributed by atoms with Crippen LogP contribution >= 0.6 is 0 Å². The monoisotopic (exact) mass is 1130 g/mol. The molecule has 2 aliphatic carbocycles. The number of rotatable bonds is 20. The van der Waals surface area contributed by atoms with Crippen LogP contribution in [0.25, 0.3) is 11.3 Å². The Kier molecular flexibility index (Phi) is 18.1. The maximum atomic E-state index is 16.2. The van der Waals surface area contributed by atoms with Gasteiger partial charge in [-0.1, -0.05) is 30.4 Å². The van der Waals surface area contributed by atoms with Gasteiger partial charge in [0, 0.05) is 91.5 Å². The Morgan fingerprint density at radius 2 is 1.36 bits per heavy atom. The van der Waals surface area contributed by atoms with Gasteiger partial charge in [0.1, 0.15) is 23.5 Å². The van der Waals surface area contributed by atoms with Gasteiger partial charge in [-0.2, -0.15) is 31.4 Å². The molecule has 2 aliphatic heterocycles. The Bertz CT molecular complexity index is 2850. The Balaban J connectivity index is 1.05. The highest BCUT2D eigenvalue weighted by atomic mass is 19.4. The number of aromatic nitrogens is 3. The molecule has 5 N–H and O–H groups in total. The SMILES string of the molecule is COC(=O)N[C@H](C(=O)NN(Cc1c(F)cc(-c2ccn(C3CC3)n2)cc1F)C[C@H](O)[C@H](Cc1ccc(C#Cc2ccc(N3CC4CCC(C3)N4C3CCC3)nc2)cc1)NC[C@@H](NC(=O)OC)C(C)(C)C(F)(F)F)C(C)(C)C(F)(F)F. The quantitative estimate of drug-likeness (QED) is 0.0326. The fraction of sp³-hybridized carbons (Fsp3) is 0.554. The molecule has 2 saturated heterocycles. The number of nitrogens with one attached hydrogen (secondary N) is 4. The minimum Gasteiger partial charge on any atom is -0.453 e. The number of alkyl halides is 6. The van der Waals surface area contributed by atoms with E-state index in [1.165, 1.54) is 32.1 Å². The average Bonchev–Trinajstić information content (AvgIpc) is 4.07. The fourth-order valence-electron chi connectivity index (χ4n) is 10.4. The molecular weight excluding hydrogens is 1060 g/mol. The topological polar surface area (TPSA) is 178 Å². The third-order valence-corrected chi connectivity index (χ3v) is 16.1. The summed E-state index contributed by atoms with van der Waals surface area (Å²) in [6, 6.07) is 10.4. The van der Waals surface area contributed by atoms with Crippen LogP contribution in [0, 0.1) is 34.3 Å². The minimum absolute atomic E-state index is 0.0480. The van der Waals surface area contributed by atoms with E-state index in [9.17, 15) is 45.8 Å². The molecule has 6 atom stereocenters. The maximum absolute atomic E-state index is 16.2. The van der Waals surface area contributed by atoms with E-state index in [2.05, 4.69) is 52.3 Å². The van der Waals surface area contributed by atoms with Crippen molar-refractivity contribution in [3.63, 3.8) is 0 Å². The molecule has 8 rings (SSSR count). The molecule has 434 valence electrons. The number of nitrogens with zero attached hydrogens (tertiary/aromatic N) is 6. The summed E-state index contributed by atoms with van der Waals surface area (Å²) >= 11 is 0. The lowest BCUT2D eigenvalue weighted by Crippen LogP contribution is -2.62. The third kappa shape index (κ3) is 13.8. The second-order valence-electron chi connectivity index (χ2n) is 22.3. The predicted molar refractivity (Wildman–Crippen MR) is 279 cm³/mol. The van der Waals surface area contributed by atoms with Crippen LogP contribution in [0.5, 0.6) is 0 Å². The van der Waals surface area contributed by atoms with Gasteiger partial charge in [0.2, 0.25) is 0 Å². The second-order valence-corrected chi connectivity index (χ2v) is 22.3. The van der Waals surface area contributed by atoms with Gasteiger partial charge in [0.15, 0.2) is 0 Å². The zero-order chi connectivity index (χ0) is 57.9. The zero-order valence-electron chi connectivity index (χ0n) is 45.4. The number of fused-ring (bicyclic) bond motifs is 2. The van der Waals surface area contributed by atoms with Crippen LogP contribution in [-0.4, -0.2) is 143 Å². The number of carbonyl (C=O) groups excluding carboxylic acids is 3. The molecule has 2 aromatic carbocycles. The van der Waals surface area contributed by atoms with Crippen molar-refractivity contribution in [2.45, 2.75) is 146 Å². The van der Waals surface area contributed by atoms with E-state index in [0.29, 0.717) is 48.7 Å². The first kappa shape index (κ1) is 59.6. The Morgan fingerprint density at radius 1 is 0.775 bits per heavy atom. The molecule has 80 heavy (non-hydrogen) atoms. The zero-order valence-corrected chi connectivity index (χ0v) is 45.4. The number of benzene rings is 2. The lowest BCUT2D eigenvalue weighted by Gasteiger charge is -2.48. The number of halogens is 8. The number of alkyl carbamates (subject to hydrolysis) is 2. The first-order chi connectivity index (χ1) is 37.8. The van der Waals surface area contributed by atoms with E-state index >= 15 is 8.78 Å². The molecule has 2 bridgehead atoms. The number of carbonyl (C=O) groups is 3. The van der Waals surface area contributed by atoms with Crippen molar-refractivity contribution in [2.24, 2.45) is 10.8 Å². The number of anilines is 1. The Hall–Kier alpha value is -6.55. The highest BCUT2D eigenvalue weighted by molar-refractivity contribution is 5.86. The molecule has 24 heteroatoms. The summed E-state index contributed by atoms with van der Waals surface area (Å²) in [7, 11) is 1.81. The van der Waals surface area contributed by atoms with Gasteiger partial charge in [0.05, 0.1) is 48.9 Å². The summed E-state index contributed by atoms with van der Waals surface area (Å²) in [5.74, 6) is 3.25. The molecule has 2 aromatic heterocycles. The van der Waals surface area contributed by atoms with Crippen molar-refractivity contribution in [3.8, 4) is 23.1 Å². The smallest absolute Gasteiger partial charge is 0.407 e. The minimum atomic E-state index is -5.14. The highest BCUT2D eigenvalue weighted by Crippen LogP contribution is 2.43. The summed E-state index contributed by atoms with van der Waals surface area (Å²) in [5.41, 5.74) is -2.12. The van der Waals surface area contributed by atoms with E-state index in [1.807, 2.05) is 17.4 Å². The standard InChI is InChI=1S/C56H68F8N10O6/c1-53(2,55(59,60)61)47(67-51(77)79-5)28-65-45(24-34-13-10-33(11-14-34)12-15-35-16-21-48(66-27-35)71-29-39-19-20-40(30-71)74(39)38-8-7-9-38)46(75)32-72(70-50(76)49(68-52(78)80-6)54(3,4)56(62,63)64)31-41-42(57)25-36(26-43(41)58)44-22-23-73(69-44)37-17-18-37/h10-11,13-14,16,21-23,25-27,37-40,45-47,49,65,75H,7-9,17-20,24,28-32H2,1-6H3,(H,67,77)(H,68,78)(H,70,76)/t39?,40?,45-,46-,47+,49+/m0/s1. The lowest BCUT2D eigenvalue weighted by atomic mass is 9.83. The van der Waals surface area contributed by atoms with E-state index < -0.39 is 102 Å². The molecular formula is C56H68F8N10O6. The molecule has 4 aliphatic rings. The van der Waals surface area contributed by atoms with Crippen LogP contribution in [0.1, 0.15) is 101 Å². The molecule has 4 fully saturated rings. The van der Waals surface area contributed by atoms with Crippen LogP contribution < -0.4 is 26.3 Å². The van der Waals surface area contributed by atoms with Gasteiger partial charge in [-0.25, -0.2) is 28.4 Å². The number of hydrazine groups is 1. The van der Waals surface area contributed by atoms with Gasteiger partial charge in [-0.3, -0.25) is 19.8 Å². The summed E-state index contributed by atoms with van der Waals surface area (Å²) in [6.07, 6.45) is -3.30. The van der Waals surface area contributed by atoms with Gasteiger partial charge in [-0.05, 0) is 121 Å². The first-order valence-electron chi connectivity index (χ1n) is 26.7. The number of hydrogen-bond donors (Lipinski definition) is 5. The Morgan fingerprint density at radius 3 is 1.91 bits per heavy atom. The summed E-state index contributed by atoms with van der Waals surface area (Å²) in [4.78, 5) is 48.8. The number of piperazine rings is 1. The normalized spacial score (nSPS) is 19.5. The number of hydrogen-bond acceptors (Lipinski definition) is 12. The van der Waals surface area contributed by atoms with Gasteiger partial charge >= 0.3 is 24.5 Å². The lowest BCUT2D eigenvalue weighted by molar-refractivity contribution is -0.221. The first-order valence-corrected chi connectivity index (χ1v) is 26.7. The number of methoxy groups -OCH3 is 2. The molecule has 3 amide bonds. The van der Waals surface area contributed by atoms with Crippen molar-refractivity contribution >= 4 is 23.9 Å². The largest absolute Gasteiger partial charge is 0.453 e. The molecule has 2 unspecified atom stereocenters. The van der Waals surface area contributed by atoms with E-state index in [0.717, 1.165) is 77.0 Å². The molecule has 16 nitrogen and oxygen atoms in total.